The predicted octanol–water partition coefficient (Wildman–Crippen LogP) is 2.38. The summed E-state index contributed by atoms with van der Waals surface area (Å²) in [6.07, 6.45) is 3.35. The van der Waals surface area contributed by atoms with Gasteiger partial charge in [-0.05, 0) is 17.7 Å². The van der Waals surface area contributed by atoms with Crippen LogP contribution in [0.2, 0.25) is 0 Å². The van der Waals surface area contributed by atoms with Crippen LogP contribution in [0, 0.1) is 34.0 Å². The Morgan fingerprint density at radius 1 is 0.947 bits per heavy atom. The van der Waals surface area contributed by atoms with Gasteiger partial charge in [0.05, 0.1) is 11.3 Å². The van der Waals surface area contributed by atoms with Crippen molar-refractivity contribution in [2.24, 2.45) is 0 Å². The van der Waals surface area contributed by atoms with Gasteiger partial charge in [-0.2, -0.15) is 15.8 Å². The fraction of sp³-hybridized carbons (Fsp3) is 0. The Kier molecular flexibility index (Phi) is 3.44. The third-order valence-corrected chi connectivity index (χ3v) is 2.62. The molecule has 0 spiro atoms. The second-order valence-corrected chi connectivity index (χ2v) is 3.74. The van der Waals surface area contributed by atoms with Crippen LogP contribution in [0.1, 0.15) is 5.56 Å². The predicted molar refractivity (Wildman–Crippen MR) is 69.5 cm³/mol. The molecular formula is C15H8N4. The van der Waals surface area contributed by atoms with Crippen LogP contribution in [-0.2, 0) is 0 Å². The van der Waals surface area contributed by atoms with Crippen molar-refractivity contribution in [1.82, 2.24) is 5.32 Å². The fourth-order valence-electron chi connectivity index (χ4n) is 1.71. The molecule has 0 unspecified atom stereocenters. The number of nitrogens with zero attached hydrogens (tertiary/aromatic N) is 3. The van der Waals surface area contributed by atoms with Crippen LogP contribution in [-0.4, -0.2) is 0 Å². The van der Waals surface area contributed by atoms with Gasteiger partial charge in [-0.1, -0.05) is 30.3 Å². The van der Waals surface area contributed by atoms with Gasteiger partial charge < -0.3 is 5.32 Å². The molecule has 0 atom stereocenters. The highest BCUT2D eigenvalue weighted by Crippen LogP contribution is 2.23. The Morgan fingerprint density at radius 2 is 1.63 bits per heavy atom. The standard InChI is InChI=1S/C15H8N4/c16-8-12-6-7-14(11-4-2-1-3-5-11)19-15(12)13(9-17)10-18/h1-7,19H. The highest BCUT2D eigenvalue weighted by atomic mass is 14.9. The lowest BCUT2D eigenvalue weighted by Crippen LogP contribution is -2.18. The summed E-state index contributed by atoms with van der Waals surface area (Å²) in [5.74, 6) is 0. The second-order valence-electron chi connectivity index (χ2n) is 3.74. The van der Waals surface area contributed by atoms with Crippen LogP contribution < -0.4 is 5.32 Å². The number of hydrogen-bond donors (Lipinski definition) is 1. The van der Waals surface area contributed by atoms with Gasteiger partial charge in [0.25, 0.3) is 0 Å². The zero-order valence-corrected chi connectivity index (χ0v) is 9.88. The Morgan fingerprint density at radius 3 is 2.21 bits per heavy atom. The van der Waals surface area contributed by atoms with E-state index in [1.54, 1.807) is 24.3 Å². The average Bonchev–Trinajstić information content (AvgIpc) is 2.49. The molecule has 19 heavy (non-hydrogen) atoms. The van der Waals surface area contributed by atoms with Gasteiger partial charge in [-0.3, -0.25) is 0 Å². The van der Waals surface area contributed by atoms with Gasteiger partial charge in [0.15, 0.2) is 5.57 Å². The molecule has 0 bridgehead atoms. The average molecular weight is 244 g/mol. The molecule has 0 aromatic heterocycles. The van der Waals surface area contributed by atoms with Gasteiger partial charge >= 0.3 is 0 Å². The normalized spacial score (nSPS) is 13.0. The first kappa shape index (κ1) is 12.2. The summed E-state index contributed by atoms with van der Waals surface area (Å²) in [4.78, 5) is 0. The van der Waals surface area contributed by atoms with E-state index in [0.717, 1.165) is 11.3 Å². The number of allylic oxidation sites excluding steroid dienone is 4. The monoisotopic (exact) mass is 244 g/mol. The van der Waals surface area contributed by atoms with Crippen molar-refractivity contribution in [1.29, 1.82) is 15.8 Å². The van der Waals surface area contributed by atoms with Gasteiger partial charge in [-0.15, -0.1) is 0 Å². The van der Waals surface area contributed by atoms with Gasteiger partial charge in [0.1, 0.15) is 18.2 Å². The van der Waals surface area contributed by atoms with Crippen LogP contribution in [0.15, 0.2) is 59.3 Å². The Hall–Kier alpha value is -3.29. The molecule has 0 aliphatic carbocycles. The van der Waals surface area contributed by atoms with E-state index in [-0.39, 0.29) is 16.8 Å². The number of hydrogen-bond acceptors (Lipinski definition) is 4. The summed E-state index contributed by atoms with van der Waals surface area (Å²) in [6, 6.07) is 15.0. The SMILES string of the molecule is N#CC1=CC=C(c2ccccc2)NC1=C(C#N)C#N. The lowest BCUT2D eigenvalue weighted by atomic mass is 10.0. The molecule has 0 saturated carbocycles. The number of nitriles is 3. The van der Waals surface area contributed by atoms with Crippen molar-refractivity contribution in [3.63, 3.8) is 0 Å². The highest BCUT2D eigenvalue weighted by molar-refractivity contribution is 5.73. The topological polar surface area (TPSA) is 83.4 Å². The van der Waals surface area contributed by atoms with E-state index in [1.165, 1.54) is 0 Å². The summed E-state index contributed by atoms with van der Waals surface area (Å²) in [5.41, 5.74) is 2.10. The van der Waals surface area contributed by atoms with Crippen molar-refractivity contribution >= 4 is 5.70 Å². The molecule has 0 saturated heterocycles. The number of benzene rings is 1. The van der Waals surface area contributed by atoms with Crippen LogP contribution in [0.3, 0.4) is 0 Å². The molecule has 1 heterocycles. The summed E-state index contributed by atoms with van der Waals surface area (Å²) in [5, 5.41) is 29.8. The maximum atomic E-state index is 9.02. The molecule has 2 rings (SSSR count). The molecule has 88 valence electrons. The molecule has 0 amide bonds. The van der Waals surface area contributed by atoms with E-state index < -0.39 is 0 Å². The smallest absolute Gasteiger partial charge is 0.154 e. The zero-order chi connectivity index (χ0) is 13.7. The zero-order valence-electron chi connectivity index (χ0n) is 9.88. The summed E-state index contributed by atoms with van der Waals surface area (Å²) < 4.78 is 0. The maximum Gasteiger partial charge on any atom is 0.154 e. The maximum absolute atomic E-state index is 9.02. The number of dihydropyridines is 1. The van der Waals surface area contributed by atoms with Gasteiger partial charge in [-0.25, -0.2) is 0 Å². The largest absolute Gasteiger partial charge is 0.352 e. The molecule has 0 radical (unpaired) electrons. The van der Waals surface area contributed by atoms with Crippen molar-refractivity contribution in [3.05, 3.63) is 64.9 Å². The first-order chi connectivity index (χ1) is 9.30. The van der Waals surface area contributed by atoms with Gasteiger partial charge in [0.2, 0.25) is 0 Å². The minimum atomic E-state index is -0.102. The van der Waals surface area contributed by atoms with Crippen molar-refractivity contribution < 1.29 is 0 Å². The molecule has 4 heteroatoms. The highest BCUT2D eigenvalue weighted by Gasteiger charge is 2.17. The number of nitrogens with one attached hydrogen (secondary N) is 1. The summed E-state index contributed by atoms with van der Waals surface area (Å²) >= 11 is 0. The minimum absolute atomic E-state index is 0.102. The molecule has 1 aliphatic rings. The minimum Gasteiger partial charge on any atom is -0.352 e. The molecule has 1 aliphatic heterocycles. The lowest BCUT2D eigenvalue weighted by Gasteiger charge is -2.17. The molecular weight excluding hydrogens is 236 g/mol. The third-order valence-electron chi connectivity index (χ3n) is 2.62. The van der Waals surface area contributed by atoms with E-state index >= 15 is 0 Å². The van der Waals surface area contributed by atoms with Crippen molar-refractivity contribution in [2.45, 2.75) is 0 Å². The molecule has 1 N–H and O–H groups in total. The van der Waals surface area contributed by atoms with E-state index in [0.29, 0.717) is 0 Å². The number of rotatable bonds is 1. The summed E-state index contributed by atoms with van der Waals surface area (Å²) in [6.45, 7) is 0. The quantitative estimate of drug-likeness (QED) is 0.769. The third kappa shape index (κ3) is 2.36. The van der Waals surface area contributed by atoms with Gasteiger partial charge in [0, 0.05) is 5.70 Å². The Labute approximate surface area is 110 Å². The first-order valence-corrected chi connectivity index (χ1v) is 5.49. The van der Waals surface area contributed by atoms with Crippen molar-refractivity contribution in [2.75, 3.05) is 0 Å². The first-order valence-electron chi connectivity index (χ1n) is 5.49. The Bertz CT molecular complexity index is 700. The fourth-order valence-corrected chi connectivity index (χ4v) is 1.71. The molecule has 1 aromatic rings. The molecule has 1 aromatic carbocycles. The van der Waals surface area contributed by atoms with E-state index in [1.807, 2.05) is 36.4 Å². The molecule has 0 fully saturated rings. The Balaban J connectivity index is 2.51. The van der Waals surface area contributed by atoms with Crippen LogP contribution in [0.4, 0.5) is 0 Å². The van der Waals surface area contributed by atoms with E-state index in [9.17, 15) is 0 Å². The van der Waals surface area contributed by atoms with Crippen LogP contribution in [0.25, 0.3) is 5.70 Å². The molecule has 4 nitrogen and oxygen atoms in total. The second kappa shape index (κ2) is 5.36. The lowest BCUT2D eigenvalue weighted by molar-refractivity contribution is 1.08. The van der Waals surface area contributed by atoms with E-state index in [2.05, 4.69) is 5.32 Å². The summed E-state index contributed by atoms with van der Waals surface area (Å²) in [7, 11) is 0. The van der Waals surface area contributed by atoms with Crippen LogP contribution in [0.5, 0.6) is 0 Å². The van der Waals surface area contributed by atoms with E-state index in [4.69, 9.17) is 15.8 Å². The van der Waals surface area contributed by atoms with Crippen molar-refractivity contribution in [3.8, 4) is 18.2 Å². The van der Waals surface area contributed by atoms with Crippen LogP contribution >= 0.6 is 0 Å².